The summed E-state index contributed by atoms with van der Waals surface area (Å²) in [7, 11) is 0. The van der Waals surface area contributed by atoms with Crippen LogP contribution in [-0.2, 0) is 30.4 Å². The first-order valence-electron chi connectivity index (χ1n) is 12.2. The monoisotopic (exact) mass is 482 g/mol. The van der Waals surface area contributed by atoms with Crippen molar-refractivity contribution in [3.63, 3.8) is 0 Å². The van der Waals surface area contributed by atoms with Crippen LogP contribution >= 0.6 is 0 Å². The van der Waals surface area contributed by atoms with E-state index in [1.165, 1.54) is 11.0 Å². The van der Waals surface area contributed by atoms with Crippen molar-refractivity contribution in [2.45, 2.75) is 56.5 Å². The van der Waals surface area contributed by atoms with Crippen LogP contribution in [0.25, 0.3) is 0 Å². The maximum Gasteiger partial charge on any atom is 0.312 e. The van der Waals surface area contributed by atoms with Gasteiger partial charge >= 0.3 is 5.97 Å². The third kappa shape index (κ3) is 4.19. The number of amides is 2. The lowest BCUT2D eigenvalue weighted by atomic mass is 9.70. The van der Waals surface area contributed by atoms with Crippen molar-refractivity contribution < 1.29 is 29.0 Å². The van der Waals surface area contributed by atoms with Crippen LogP contribution in [0.2, 0.25) is 0 Å². The SMILES string of the molecule is C=CCOC(=O)[C@@H]1[C@@H]2CCC3(O2)C(C(=O)N(CC=C)Cc2ccccc2)N([C@@H](CC)CO)C(=O)[C@H]13. The first-order valence-corrected chi connectivity index (χ1v) is 12.2. The Balaban J connectivity index is 1.73. The summed E-state index contributed by atoms with van der Waals surface area (Å²) in [6.07, 6.45) is 4.17. The Hall–Kier alpha value is -2.97. The van der Waals surface area contributed by atoms with Gasteiger partial charge < -0.3 is 24.4 Å². The molecule has 1 aromatic rings. The lowest BCUT2D eigenvalue weighted by molar-refractivity contribution is -0.156. The van der Waals surface area contributed by atoms with E-state index >= 15 is 0 Å². The Morgan fingerprint density at radius 2 is 2.06 bits per heavy atom. The highest BCUT2D eigenvalue weighted by Crippen LogP contribution is 2.59. The number of nitrogens with zero attached hydrogens (tertiary/aromatic N) is 2. The Kier molecular flexibility index (Phi) is 7.42. The van der Waals surface area contributed by atoms with Crippen LogP contribution in [-0.4, -0.2) is 76.2 Å². The number of carbonyl (C=O) groups is 3. The van der Waals surface area contributed by atoms with E-state index in [2.05, 4.69) is 13.2 Å². The normalized spacial score (nSPS) is 29.5. The second kappa shape index (κ2) is 10.3. The number of aliphatic hydroxyl groups is 1. The average molecular weight is 483 g/mol. The number of aliphatic hydroxyl groups excluding tert-OH is 1. The molecule has 3 saturated heterocycles. The van der Waals surface area contributed by atoms with Gasteiger partial charge in [-0.05, 0) is 24.8 Å². The molecular weight excluding hydrogens is 448 g/mol. The van der Waals surface area contributed by atoms with E-state index in [0.29, 0.717) is 25.8 Å². The molecule has 3 aliphatic heterocycles. The largest absolute Gasteiger partial charge is 0.461 e. The van der Waals surface area contributed by atoms with E-state index in [9.17, 15) is 19.5 Å². The molecule has 2 bridgehead atoms. The number of ether oxygens (including phenoxy) is 2. The maximum absolute atomic E-state index is 14.2. The van der Waals surface area contributed by atoms with Crippen molar-refractivity contribution in [3.05, 3.63) is 61.2 Å². The van der Waals surface area contributed by atoms with Gasteiger partial charge in [-0.2, -0.15) is 0 Å². The molecule has 1 N–H and O–H groups in total. The van der Waals surface area contributed by atoms with E-state index in [4.69, 9.17) is 9.47 Å². The summed E-state index contributed by atoms with van der Waals surface area (Å²) in [5.41, 5.74) is -0.181. The standard InChI is InChI=1S/C27H34N2O6/c1-4-14-28(16-18-10-8-7-9-11-18)25(32)23-27-13-12-20(35-27)21(26(33)34-15-5-2)22(27)24(31)29(23)19(6-3)17-30/h4-5,7-11,19-23,30H,1-2,6,12-17H2,3H3/t19-,20-,21+,22-,23?,27?/m0/s1. The van der Waals surface area contributed by atoms with Crippen molar-refractivity contribution in [1.82, 2.24) is 9.80 Å². The van der Waals surface area contributed by atoms with Crippen LogP contribution in [0, 0.1) is 11.8 Å². The third-order valence-corrected chi connectivity index (χ3v) is 7.54. The predicted octanol–water partition coefficient (Wildman–Crippen LogP) is 2.08. The highest BCUT2D eigenvalue weighted by atomic mass is 16.6. The van der Waals surface area contributed by atoms with Gasteiger partial charge in [0.15, 0.2) is 0 Å². The molecule has 3 heterocycles. The molecule has 1 aromatic carbocycles. The van der Waals surface area contributed by atoms with Gasteiger partial charge in [0.05, 0.1) is 30.6 Å². The Labute approximate surface area is 206 Å². The lowest BCUT2D eigenvalue weighted by Gasteiger charge is -2.39. The smallest absolute Gasteiger partial charge is 0.312 e. The molecule has 0 saturated carbocycles. The van der Waals surface area contributed by atoms with Crippen molar-refractivity contribution >= 4 is 17.8 Å². The van der Waals surface area contributed by atoms with Crippen LogP contribution in [0.4, 0.5) is 0 Å². The number of benzene rings is 1. The van der Waals surface area contributed by atoms with E-state index in [0.717, 1.165) is 5.56 Å². The van der Waals surface area contributed by atoms with Gasteiger partial charge in [0.2, 0.25) is 11.8 Å². The van der Waals surface area contributed by atoms with E-state index in [1.54, 1.807) is 11.0 Å². The Morgan fingerprint density at radius 1 is 1.31 bits per heavy atom. The number of hydrogen-bond acceptors (Lipinski definition) is 6. The summed E-state index contributed by atoms with van der Waals surface area (Å²) in [5, 5.41) is 10.1. The van der Waals surface area contributed by atoms with Gasteiger partial charge in [0.25, 0.3) is 0 Å². The number of hydrogen-bond donors (Lipinski definition) is 1. The molecule has 188 valence electrons. The van der Waals surface area contributed by atoms with Crippen molar-refractivity contribution in [3.8, 4) is 0 Å². The van der Waals surface area contributed by atoms with Gasteiger partial charge in [-0.3, -0.25) is 14.4 Å². The molecule has 3 aliphatic rings. The molecule has 35 heavy (non-hydrogen) atoms. The summed E-state index contributed by atoms with van der Waals surface area (Å²) in [5.74, 6) is -2.71. The van der Waals surface area contributed by atoms with Crippen molar-refractivity contribution in [1.29, 1.82) is 0 Å². The molecule has 6 atom stereocenters. The summed E-state index contributed by atoms with van der Waals surface area (Å²) in [6.45, 7) is 9.64. The second-order valence-electron chi connectivity index (χ2n) is 9.46. The minimum atomic E-state index is -1.13. The van der Waals surface area contributed by atoms with E-state index < -0.39 is 41.6 Å². The van der Waals surface area contributed by atoms with Crippen LogP contribution in [0.3, 0.4) is 0 Å². The molecule has 4 rings (SSSR count). The van der Waals surface area contributed by atoms with Crippen molar-refractivity contribution in [2.24, 2.45) is 11.8 Å². The average Bonchev–Trinajstić information content (AvgIpc) is 3.51. The van der Waals surface area contributed by atoms with Gasteiger partial charge in [-0.1, -0.05) is 56.0 Å². The van der Waals surface area contributed by atoms with Gasteiger partial charge in [-0.15, -0.1) is 6.58 Å². The number of esters is 1. The molecule has 0 aromatic heterocycles. The van der Waals surface area contributed by atoms with Crippen LogP contribution in [0.5, 0.6) is 0 Å². The number of likely N-dealkylation sites (tertiary alicyclic amines) is 1. The fraction of sp³-hybridized carbons (Fsp3) is 0.519. The fourth-order valence-electron chi connectivity index (χ4n) is 6.05. The van der Waals surface area contributed by atoms with Crippen LogP contribution in [0.1, 0.15) is 31.7 Å². The summed E-state index contributed by atoms with van der Waals surface area (Å²) < 4.78 is 11.7. The summed E-state index contributed by atoms with van der Waals surface area (Å²) in [6, 6.07) is 8.10. The van der Waals surface area contributed by atoms with Gasteiger partial charge in [-0.25, -0.2) is 0 Å². The third-order valence-electron chi connectivity index (χ3n) is 7.54. The van der Waals surface area contributed by atoms with Gasteiger partial charge in [0, 0.05) is 13.1 Å². The zero-order chi connectivity index (χ0) is 25.2. The quantitative estimate of drug-likeness (QED) is 0.383. The summed E-state index contributed by atoms with van der Waals surface area (Å²) in [4.78, 5) is 44.2. The zero-order valence-electron chi connectivity index (χ0n) is 20.2. The molecule has 2 unspecified atom stereocenters. The molecule has 3 fully saturated rings. The topological polar surface area (TPSA) is 96.4 Å². The zero-order valence-corrected chi connectivity index (χ0v) is 20.2. The molecule has 0 aliphatic carbocycles. The summed E-state index contributed by atoms with van der Waals surface area (Å²) >= 11 is 0. The molecule has 2 amide bonds. The maximum atomic E-state index is 14.2. The highest BCUT2D eigenvalue weighted by molar-refractivity contribution is 5.98. The van der Waals surface area contributed by atoms with Crippen LogP contribution < -0.4 is 0 Å². The number of rotatable bonds is 11. The van der Waals surface area contributed by atoms with Crippen LogP contribution in [0.15, 0.2) is 55.6 Å². The predicted molar refractivity (Wildman–Crippen MR) is 129 cm³/mol. The van der Waals surface area contributed by atoms with Crippen molar-refractivity contribution in [2.75, 3.05) is 19.8 Å². The lowest BCUT2D eigenvalue weighted by Crippen LogP contribution is -2.58. The van der Waals surface area contributed by atoms with E-state index in [1.807, 2.05) is 37.3 Å². The highest BCUT2D eigenvalue weighted by Gasteiger charge is 2.75. The number of carbonyl (C=O) groups excluding carboxylic acids is 3. The first-order chi connectivity index (χ1) is 16.9. The molecule has 8 nitrogen and oxygen atoms in total. The molecule has 1 spiro atoms. The molecule has 8 heteroatoms. The Bertz CT molecular complexity index is 977. The minimum Gasteiger partial charge on any atom is -0.461 e. The number of fused-ring (bicyclic) bond motifs is 1. The molecule has 0 radical (unpaired) electrons. The fourth-order valence-corrected chi connectivity index (χ4v) is 6.05. The van der Waals surface area contributed by atoms with E-state index in [-0.39, 0.29) is 31.6 Å². The first kappa shape index (κ1) is 25.1. The molecular formula is C27H34N2O6. The minimum absolute atomic E-state index is 0.0421. The second-order valence-corrected chi connectivity index (χ2v) is 9.46. The Morgan fingerprint density at radius 3 is 2.69 bits per heavy atom. The van der Waals surface area contributed by atoms with Gasteiger partial charge in [0.1, 0.15) is 18.2 Å².